The normalized spacial score (nSPS) is 11.9. The van der Waals surface area contributed by atoms with Crippen LogP contribution in [0.15, 0.2) is 9.59 Å². The standard InChI is InChI=1S/C19H29N5O3/c1-6-7-8-10-23-17(25)15-16(21(4)19(23)26)20-18-22(11-9-12-27-5)13(2)14(3)24(15)18/h6-12H2,1-5H3. The molecular formula is C19H29N5O3. The van der Waals surface area contributed by atoms with Gasteiger partial charge in [0.1, 0.15) is 0 Å². The highest BCUT2D eigenvalue weighted by Crippen LogP contribution is 2.21. The van der Waals surface area contributed by atoms with Crippen molar-refractivity contribution in [1.82, 2.24) is 23.1 Å². The van der Waals surface area contributed by atoms with Gasteiger partial charge >= 0.3 is 5.69 Å². The number of methoxy groups -OCH3 is 1. The van der Waals surface area contributed by atoms with E-state index in [1.165, 1.54) is 9.13 Å². The van der Waals surface area contributed by atoms with Crippen LogP contribution < -0.4 is 11.2 Å². The quantitative estimate of drug-likeness (QED) is 0.564. The van der Waals surface area contributed by atoms with Crippen molar-refractivity contribution >= 4 is 16.9 Å². The van der Waals surface area contributed by atoms with Crippen LogP contribution in [0.5, 0.6) is 0 Å². The molecule has 3 aromatic rings. The third-order valence-corrected chi connectivity index (χ3v) is 5.35. The molecule has 0 atom stereocenters. The first-order valence-corrected chi connectivity index (χ1v) is 9.60. The van der Waals surface area contributed by atoms with E-state index in [4.69, 9.17) is 4.74 Å². The zero-order chi connectivity index (χ0) is 19.7. The highest BCUT2D eigenvalue weighted by Gasteiger charge is 2.22. The second-order valence-corrected chi connectivity index (χ2v) is 7.09. The number of aromatic nitrogens is 5. The average molecular weight is 375 g/mol. The number of imidazole rings is 2. The summed E-state index contributed by atoms with van der Waals surface area (Å²) in [7, 11) is 3.37. The van der Waals surface area contributed by atoms with Gasteiger partial charge in [0.2, 0.25) is 5.78 Å². The van der Waals surface area contributed by atoms with E-state index < -0.39 is 0 Å². The highest BCUT2D eigenvalue weighted by molar-refractivity contribution is 5.76. The van der Waals surface area contributed by atoms with Gasteiger partial charge in [0.15, 0.2) is 11.2 Å². The number of ether oxygens (including phenoxy) is 1. The molecule has 0 spiro atoms. The number of fused-ring (bicyclic) bond motifs is 3. The molecule has 0 N–H and O–H groups in total. The molecule has 0 unspecified atom stereocenters. The van der Waals surface area contributed by atoms with Crippen LogP contribution in [0, 0.1) is 13.8 Å². The third-order valence-electron chi connectivity index (χ3n) is 5.35. The van der Waals surface area contributed by atoms with E-state index in [1.54, 1.807) is 14.2 Å². The van der Waals surface area contributed by atoms with E-state index in [0.29, 0.717) is 30.1 Å². The lowest BCUT2D eigenvalue weighted by atomic mass is 10.2. The molecule has 0 fully saturated rings. The summed E-state index contributed by atoms with van der Waals surface area (Å²) >= 11 is 0. The van der Waals surface area contributed by atoms with Crippen LogP contribution in [-0.2, 0) is 24.9 Å². The van der Waals surface area contributed by atoms with E-state index in [2.05, 4.69) is 16.5 Å². The predicted molar refractivity (Wildman–Crippen MR) is 106 cm³/mol. The molecule has 3 rings (SSSR count). The molecule has 0 aromatic carbocycles. The second kappa shape index (κ2) is 7.72. The van der Waals surface area contributed by atoms with Gasteiger partial charge in [-0.05, 0) is 26.7 Å². The molecule has 8 heteroatoms. The molecule has 0 radical (unpaired) electrons. The monoisotopic (exact) mass is 375 g/mol. The van der Waals surface area contributed by atoms with Crippen molar-refractivity contribution in [3.63, 3.8) is 0 Å². The van der Waals surface area contributed by atoms with Crippen LogP contribution in [0.3, 0.4) is 0 Å². The van der Waals surface area contributed by atoms with E-state index in [0.717, 1.165) is 43.6 Å². The molecule has 8 nitrogen and oxygen atoms in total. The number of unbranched alkanes of at least 4 members (excludes halogenated alkanes) is 2. The summed E-state index contributed by atoms with van der Waals surface area (Å²) in [6, 6.07) is 0. The third kappa shape index (κ3) is 3.12. The SMILES string of the molecule is CCCCCn1c(=O)c2c(nc3n(CCCOC)c(C)c(C)n23)n(C)c1=O. The Morgan fingerprint density at radius 3 is 2.37 bits per heavy atom. The molecule has 0 bridgehead atoms. The molecule has 3 aromatic heterocycles. The molecule has 27 heavy (non-hydrogen) atoms. The van der Waals surface area contributed by atoms with Crippen LogP contribution in [0.25, 0.3) is 16.9 Å². The van der Waals surface area contributed by atoms with Gasteiger partial charge < -0.3 is 9.30 Å². The van der Waals surface area contributed by atoms with Crippen molar-refractivity contribution in [2.24, 2.45) is 7.05 Å². The van der Waals surface area contributed by atoms with Gasteiger partial charge in [0.05, 0.1) is 0 Å². The second-order valence-electron chi connectivity index (χ2n) is 7.09. The Morgan fingerprint density at radius 2 is 1.70 bits per heavy atom. The van der Waals surface area contributed by atoms with Gasteiger partial charge in [-0.1, -0.05) is 19.8 Å². The maximum absolute atomic E-state index is 13.2. The van der Waals surface area contributed by atoms with Gasteiger partial charge in [-0.3, -0.25) is 18.3 Å². The summed E-state index contributed by atoms with van der Waals surface area (Å²) in [6.07, 6.45) is 3.69. The Hall–Kier alpha value is -2.35. The molecule has 0 amide bonds. The lowest BCUT2D eigenvalue weighted by Gasteiger charge is -2.08. The van der Waals surface area contributed by atoms with Gasteiger partial charge in [0, 0.05) is 45.2 Å². The van der Waals surface area contributed by atoms with E-state index in [-0.39, 0.29) is 11.2 Å². The first-order chi connectivity index (χ1) is 12.9. The zero-order valence-electron chi connectivity index (χ0n) is 16.9. The van der Waals surface area contributed by atoms with Gasteiger partial charge in [0.25, 0.3) is 5.56 Å². The Kier molecular flexibility index (Phi) is 5.55. The molecule has 3 heterocycles. The highest BCUT2D eigenvalue weighted by atomic mass is 16.5. The van der Waals surface area contributed by atoms with Crippen LogP contribution in [0.2, 0.25) is 0 Å². The lowest BCUT2D eigenvalue weighted by Crippen LogP contribution is -2.39. The van der Waals surface area contributed by atoms with Crippen LogP contribution in [0.1, 0.15) is 44.0 Å². The summed E-state index contributed by atoms with van der Waals surface area (Å²) in [5.74, 6) is 0.703. The van der Waals surface area contributed by atoms with Crippen molar-refractivity contribution < 1.29 is 4.74 Å². The molecule has 0 aliphatic carbocycles. The number of hydrogen-bond acceptors (Lipinski definition) is 4. The van der Waals surface area contributed by atoms with Crippen molar-refractivity contribution in [1.29, 1.82) is 0 Å². The Labute approximate surface area is 158 Å². The van der Waals surface area contributed by atoms with Gasteiger partial charge in [-0.15, -0.1) is 0 Å². The molecular weight excluding hydrogens is 346 g/mol. The maximum atomic E-state index is 13.2. The Morgan fingerprint density at radius 1 is 1.00 bits per heavy atom. The molecule has 0 aliphatic rings. The smallest absolute Gasteiger partial charge is 0.332 e. The molecule has 148 valence electrons. The Balaban J connectivity index is 2.25. The number of rotatable bonds is 8. The van der Waals surface area contributed by atoms with Crippen molar-refractivity contribution in [2.75, 3.05) is 13.7 Å². The minimum atomic E-state index is -0.301. The van der Waals surface area contributed by atoms with E-state index >= 15 is 0 Å². The van der Waals surface area contributed by atoms with Crippen molar-refractivity contribution in [3.05, 3.63) is 32.2 Å². The van der Waals surface area contributed by atoms with Crippen LogP contribution in [-0.4, -0.2) is 36.8 Å². The van der Waals surface area contributed by atoms with Crippen LogP contribution in [0.4, 0.5) is 0 Å². The van der Waals surface area contributed by atoms with Crippen LogP contribution >= 0.6 is 0 Å². The summed E-state index contributed by atoms with van der Waals surface area (Å²) in [4.78, 5) is 30.5. The summed E-state index contributed by atoms with van der Waals surface area (Å²) < 4.78 is 12.0. The average Bonchev–Trinajstić information content (AvgIpc) is 3.14. The number of nitrogens with zero attached hydrogens (tertiary/aromatic N) is 5. The fraction of sp³-hybridized carbons (Fsp3) is 0.632. The first kappa shape index (κ1) is 19.4. The summed E-state index contributed by atoms with van der Waals surface area (Å²) in [6.45, 7) is 7.97. The number of hydrogen-bond donors (Lipinski definition) is 0. The van der Waals surface area contributed by atoms with Crippen molar-refractivity contribution in [3.8, 4) is 0 Å². The predicted octanol–water partition coefficient (Wildman–Crippen LogP) is 1.99. The largest absolute Gasteiger partial charge is 0.385 e. The molecule has 0 aliphatic heterocycles. The first-order valence-electron chi connectivity index (χ1n) is 9.60. The summed E-state index contributed by atoms with van der Waals surface area (Å²) in [5, 5.41) is 0. The lowest BCUT2D eigenvalue weighted by molar-refractivity contribution is 0.190. The topological polar surface area (TPSA) is 75.5 Å². The van der Waals surface area contributed by atoms with E-state index in [1.807, 2.05) is 18.2 Å². The summed E-state index contributed by atoms with van der Waals surface area (Å²) in [5.41, 5.74) is 2.41. The van der Waals surface area contributed by atoms with Gasteiger partial charge in [-0.2, -0.15) is 4.98 Å². The number of aryl methyl sites for hydroxylation is 3. The fourth-order valence-electron chi connectivity index (χ4n) is 3.67. The molecule has 0 saturated heterocycles. The molecule has 0 saturated carbocycles. The Bertz CT molecular complexity index is 1080. The maximum Gasteiger partial charge on any atom is 0.332 e. The minimum Gasteiger partial charge on any atom is -0.385 e. The van der Waals surface area contributed by atoms with Gasteiger partial charge in [-0.25, -0.2) is 4.79 Å². The zero-order valence-corrected chi connectivity index (χ0v) is 16.9. The van der Waals surface area contributed by atoms with E-state index in [9.17, 15) is 9.59 Å². The van der Waals surface area contributed by atoms with Crippen molar-refractivity contribution in [2.45, 2.75) is 59.5 Å². The minimum absolute atomic E-state index is 0.256. The fourth-order valence-corrected chi connectivity index (χ4v) is 3.67.